The van der Waals surface area contributed by atoms with Crippen molar-refractivity contribution in [3.63, 3.8) is 0 Å². The Morgan fingerprint density at radius 2 is 1.81 bits per heavy atom. The molecule has 0 radical (unpaired) electrons. The molecule has 2 fully saturated rings. The van der Waals surface area contributed by atoms with Gasteiger partial charge in [-0.3, -0.25) is 9.69 Å². The SMILES string of the molecule is CCOc1ccc(S(=O)(=O)NCCC(=O)N2CCC(CCN3CCOCC3)CC2)cc1. The highest BCUT2D eigenvalue weighted by Crippen LogP contribution is 2.22. The van der Waals surface area contributed by atoms with Crippen molar-refractivity contribution in [3.05, 3.63) is 24.3 Å². The van der Waals surface area contributed by atoms with E-state index in [9.17, 15) is 13.2 Å². The highest BCUT2D eigenvalue weighted by molar-refractivity contribution is 7.89. The Bertz CT molecular complexity index is 786. The van der Waals surface area contributed by atoms with Gasteiger partial charge in [0.15, 0.2) is 0 Å². The van der Waals surface area contributed by atoms with Gasteiger partial charge in [-0.2, -0.15) is 0 Å². The zero-order chi connectivity index (χ0) is 22.1. The highest BCUT2D eigenvalue weighted by atomic mass is 32.2. The minimum Gasteiger partial charge on any atom is -0.494 e. The zero-order valence-electron chi connectivity index (χ0n) is 18.4. The van der Waals surface area contributed by atoms with Crippen LogP contribution in [0.3, 0.4) is 0 Å². The molecule has 0 aromatic heterocycles. The number of likely N-dealkylation sites (tertiary alicyclic amines) is 1. The third-order valence-electron chi connectivity index (χ3n) is 6.00. The van der Waals surface area contributed by atoms with Crippen molar-refractivity contribution in [2.24, 2.45) is 5.92 Å². The molecule has 1 amide bonds. The minimum absolute atomic E-state index is 0.0148. The predicted octanol–water partition coefficient (Wildman–Crippen LogP) is 1.71. The second kappa shape index (κ2) is 11.8. The van der Waals surface area contributed by atoms with Crippen LogP contribution in [0.2, 0.25) is 0 Å². The number of rotatable bonds is 10. The third kappa shape index (κ3) is 7.45. The summed E-state index contributed by atoms with van der Waals surface area (Å²) in [5.41, 5.74) is 0. The number of hydrogen-bond donors (Lipinski definition) is 1. The van der Waals surface area contributed by atoms with Crippen LogP contribution in [0.5, 0.6) is 5.75 Å². The summed E-state index contributed by atoms with van der Waals surface area (Å²) in [5.74, 6) is 1.30. The van der Waals surface area contributed by atoms with Gasteiger partial charge in [0.1, 0.15) is 5.75 Å². The van der Waals surface area contributed by atoms with Gasteiger partial charge in [0.2, 0.25) is 15.9 Å². The van der Waals surface area contributed by atoms with Crippen LogP contribution in [-0.4, -0.2) is 83.2 Å². The van der Waals surface area contributed by atoms with Gasteiger partial charge in [-0.15, -0.1) is 0 Å². The van der Waals surface area contributed by atoms with E-state index in [4.69, 9.17) is 9.47 Å². The van der Waals surface area contributed by atoms with Crippen LogP contribution >= 0.6 is 0 Å². The number of sulfonamides is 1. The van der Waals surface area contributed by atoms with Crippen LogP contribution in [0.4, 0.5) is 0 Å². The summed E-state index contributed by atoms with van der Waals surface area (Å²) in [5, 5.41) is 0. The van der Waals surface area contributed by atoms with Gasteiger partial charge < -0.3 is 14.4 Å². The van der Waals surface area contributed by atoms with Crippen molar-refractivity contribution < 1.29 is 22.7 Å². The van der Waals surface area contributed by atoms with E-state index in [1.807, 2.05) is 11.8 Å². The normalized spacial score (nSPS) is 18.8. The average molecular weight is 454 g/mol. The quantitative estimate of drug-likeness (QED) is 0.580. The van der Waals surface area contributed by atoms with Crippen molar-refractivity contribution in [1.82, 2.24) is 14.5 Å². The first kappa shape index (κ1) is 24.0. The van der Waals surface area contributed by atoms with Crippen molar-refractivity contribution in [1.29, 1.82) is 0 Å². The van der Waals surface area contributed by atoms with E-state index in [-0.39, 0.29) is 23.8 Å². The number of carbonyl (C=O) groups excluding carboxylic acids is 1. The Balaban J connectivity index is 1.35. The Labute approximate surface area is 185 Å². The van der Waals surface area contributed by atoms with Crippen LogP contribution in [0.15, 0.2) is 29.2 Å². The molecule has 2 heterocycles. The molecule has 31 heavy (non-hydrogen) atoms. The highest BCUT2D eigenvalue weighted by Gasteiger charge is 2.24. The van der Waals surface area contributed by atoms with Crippen molar-refractivity contribution >= 4 is 15.9 Å². The Kier molecular flexibility index (Phi) is 9.13. The van der Waals surface area contributed by atoms with Gasteiger partial charge in [-0.1, -0.05) is 0 Å². The lowest BCUT2D eigenvalue weighted by atomic mass is 9.93. The van der Waals surface area contributed by atoms with Crippen LogP contribution in [0, 0.1) is 5.92 Å². The number of benzene rings is 1. The Morgan fingerprint density at radius 3 is 2.45 bits per heavy atom. The van der Waals surface area contributed by atoms with Crippen LogP contribution < -0.4 is 9.46 Å². The monoisotopic (exact) mass is 453 g/mol. The molecule has 0 saturated carbocycles. The standard InChI is InChI=1S/C22H35N3O5S/c1-2-30-20-3-5-21(6-4-20)31(27,28)23-11-7-22(26)25-13-9-19(10-14-25)8-12-24-15-17-29-18-16-24/h3-6,19,23H,2,7-18H2,1H3. The Morgan fingerprint density at radius 1 is 1.13 bits per heavy atom. The first-order valence-corrected chi connectivity index (χ1v) is 12.8. The number of amides is 1. The predicted molar refractivity (Wildman–Crippen MR) is 119 cm³/mol. The fourth-order valence-electron chi connectivity index (χ4n) is 4.08. The van der Waals surface area contributed by atoms with E-state index >= 15 is 0 Å². The molecule has 9 heteroatoms. The average Bonchev–Trinajstić information content (AvgIpc) is 2.79. The van der Waals surface area contributed by atoms with Crippen LogP contribution in [0.25, 0.3) is 0 Å². The molecule has 0 unspecified atom stereocenters. The molecular weight excluding hydrogens is 418 g/mol. The molecule has 1 aromatic carbocycles. The van der Waals surface area contributed by atoms with Gasteiger partial charge >= 0.3 is 0 Å². The summed E-state index contributed by atoms with van der Waals surface area (Å²) < 4.78 is 38.1. The van der Waals surface area contributed by atoms with Gasteiger partial charge in [0, 0.05) is 39.1 Å². The second-order valence-electron chi connectivity index (χ2n) is 8.12. The summed E-state index contributed by atoms with van der Waals surface area (Å²) in [6.07, 6.45) is 3.39. The van der Waals surface area contributed by atoms with Crippen LogP contribution in [-0.2, 0) is 19.6 Å². The zero-order valence-corrected chi connectivity index (χ0v) is 19.2. The molecular formula is C22H35N3O5S. The van der Waals surface area contributed by atoms with E-state index in [1.54, 1.807) is 12.1 Å². The summed E-state index contributed by atoms with van der Waals surface area (Å²) in [6.45, 7) is 8.82. The van der Waals surface area contributed by atoms with Gasteiger partial charge in [0.25, 0.3) is 0 Å². The Hall–Kier alpha value is -1.68. The lowest BCUT2D eigenvalue weighted by molar-refractivity contribution is -0.132. The summed E-state index contributed by atoms with van der Waals surface area (Å²) in [7, 11) is -3.64. The van der Waals surface area contributed by atoms with Crippen LogP contribution in [0.1, 0.15) is 32.6 Å². The van der Waals surface area contributed by atoms with Crippen molar-refractivity contribution in [2.75, 3.05) is 59.1 Å². The number of piperidine rings is 1. The number of ether oxygens (including phenoxy) is 2. The minimum atomic E-state index is -3.64. The molecule has 3 rings (SSSR count). The van der Waals surface area contributed by atoms with Gasteiger partial charge in [-0.05, 0) is 62.9 Å². The van der Waals surface area contributed by atoms with Gasteiger partial charge in [-0.25, -0.2) is 13.1 Å². The van der Waals surface area contributed by atoms with E-state index in [0.29, 0.717) is 18.3 Å². The number of nitrogens with one attached hydrogen (secondary N) is 1. The van der Waals surface area contributed by atoms with E-state index in [0.717, 1.165) is 58.8 Å². The molecule has 1 N–H and O–H groups in total. The van der Waals surface area contributed by atoms with Crippen molar-refractivity contribution in [3.8, 4) is 5.75 Å². The largest absolute Gasteiger partial charge is 0.494 e. The smallest absolute Gasteiger partial charge is 0.240 e. The molecule has 2 aliphatic rings. The summed E-state index contributed by atoms with van der Waals surface area (Å²) >= 11 is 0. The maximum Gasteiger partial charge on any atom is 0.240 e. The molecule has 0 aliphatic carbocycles. The molecule has 0 bridgehead atoms. The maximum atomic E-state index is 12.5. The lowest BCUT2D eigenvalue weighted by Crippen LogP contribution is -2.41. The molecule has 2 aliphatic heterocycles. The first-order chi connectivity index (χ1) is 15.0. The topological polar surface area (TPSA) is 88.2 Å². The lowest BCUT2D eigenvalue weighted by Gasteiger charge is -2.34. The van der Waals surface area contributed by atoms with Gasteiger partial charge in [0.05, 0.1) is 24.7 Å². The number of carbonyl (C=O) groups is 1. The number of morpholine rings is 1. The van der Waals surface area contributed by atoms with Crippen molar-refractivity contribution in [2.45, 2.75) is 37.5 Å². The third-order valence-corrected chi connectivity index (χ3v) is 7.48. The van der Waals surface area contributed by atoms with E-state index < -0.39 is 10.0 Å². The molecule has 0 spiro atoms. The molecule has 0 atom stereocenters. The van der Waals surface area contributed by atoms with E-state index in [2.05, 4.69) is 9.62 Å². The summed E-state index contributed by atoms with van der Waals surface area (Å²) in [6, 6.07) is 6.28. The fraction of sp³-hybridized carbons (Fsp3) is 0.682. The molecule has 8 nitrogen and oxygen atoms in total. The molecule has 174 valence electrons. The van der Waals surface area contributed by atoms with E-state index in [1.165, 1.54) is 18.6 Å². The fourth-order valence-corrected chi connectivity index (χ4v) is 5.11. The maximum absolute atomic E-state index is 12.5. The second-order valence-corrected chi connectivity index (χ2v) is 9.89. The molecule has 2 saturated heterocycles. The number of nitrogens with zero attached hydrogens (tertiary/aromatic N) is 2. The summed E-state index contributed by atoms with van der Waals surface area (Å²) in [4.78, 5) is 17.0. The molecule has 1 aromatic rings. The first-order valence-electron chi connectivity index (χ1n) is 11.3. The number of hydrogen-bond acceptors (Lipinski definition) is 6.